The molecule has 2 aromatic rings. The molecule has 0 aliphatic heterocycles. The van der Waals surface area contributed by atoms with Crippen LogP contribution in [0.5, 0.6) is 0 Å². The Balaban J connectivity index is 2.28. The summed E-state index contributed by atoms with van der Waals surface area (Å²) in [5.74, 6) is -2.60. The largest absolute Gasteiger partial charge is 0.421 e. The van der Waals surface area contributed by atoms with Crippen molar-refractivity contribution < 1.29 is 27.2 Å². The van der Waals surface area contributed by atoms with Gasteiger partial charge in [0, 0.05) is 23.0 Å². The van der Waals surface area contributed by atoms with E-state index in [0.29, 0.717) is 10.6 Å². The zero-order valence-corrected chi connectivity index (χ0v) is 13.4. The first kappa shape index (κ1) is 19.2. The maximum Gasteiger partial charge on any atom is 0.421 e. The standard InChI is InChI=1S/C16H13F4N3O3/c1-8-11(17)5-9(14(21)25)6-12(8)22-13(24)7-23-4-2-3-10(15(23)26)16(18,19)20/h2-6H,7H2,1H3,(H2,21,25)(H,22,24). The molecule has 1 aromatic heterocycles. The predicted octanol–water partition coefficient (Wildman–Crippen LogP) is 2.05. The third-order valence-electron chi connectivity index (χ3n) is 3.54. The minimum atomic E-state index is -4.86. The van der Waals surface area contributed by atoms with Gasteiger partial charge in [0.2, 0.25) is 11.8 Å². The van der Waals surface area contributed by atoms with Crippen LogP contribution in [0.15, 0.2) is 35.3 Å². The lowest BCUT2D eigenvalue weighted by Crippen LogP contribution is -2.32. The maximum atomic E-state index is 13.8. The monoisotopic (exact) mass is 371 g/mol. The highest BCUT2D eigenvalue weighted by molar-refractivity contribution is 5.97. The van der Waals surface area contributed by atoms with E-state index in [-0.39, 0.29) is 16.8 Å². The summed E-state index contributed by atoms with van der Waals surface area (Å²) >= 11 is 0. The van der Waals surface area contributed by atoms with E-state index in [1.807, 2.05) is 0 Å². The van der Waals surface area contributed by atoms with Gasteiger partial charge >= 0.3 is 6.18 Å². The van der Waals surface area contributed by atoms with E-state index >= 15 is 0 Å². The summed E-state index contributed by atoms with van der Waals surface area (Å²) in [4.78, 5) is 35.0. The van der Waals surface area contributed by atoms with Gasteiger partial charge in [-0.05, 0) is 31.2 Å². The zero-order valence-electron chi connectivity index (χ0n) is 13.4. The van der Waals surface area contributed by atoms with E-state index < -0.39 is 41.5 Å². The predicted molar refractivity (Wildman–Crippen MR) is 84.0 cm³/mol. The Morgan fingerprint density at radius 3 is 2.50 bits per heavy atom. The first-order valence-electron chi connectivity index (χ1n) is 7.17. The van der Waals surface area contributed by atoms with Crippen molar-refractivity contribution in [3.8, 4) is 0 Å². The minimum absolute atomic E-state index is 0.000242. The number of benzene rings is 1. The van der Waals surface area contributed by atoms with Gasteiger partial charge < -0.3 is 15.6 Å². The molecule has 0 radical (unpaired) electrons. The van der Waals surface area contributed by atoms with Crippen LogP contribution in [0.2, 0.25) is 0 Å². The SMILES string of the molecule is Cc1c(F)cc(C(N)=O)cc1NC(=O)Cn1cccc(C(F)(F)F)c1=O. The number of hydrogen-bond acceptors (Lipinski definition) is 3. The number of aromatic nitrogens is 1. The Bertz CT molecular complexity index is 935. The third kappa shape index (κ3) is 4.08. The smallest absolute Gasteiger partial charge is 0.366 e. The molecule has 2 amide bonds. The van der Waals surface area contributed by atoms with Crippen LogP contribution in [0.25, 0.3) is 0 Å². The van der Waals surface area contributed by atoms with Crippen molar-refractivity contribution in [2.24, 2.45) is 5.73 Å². The Morgan fingerprint density at radius 1 is 1.27 bits per heavy atom. The van der Waals surface area contributed by atoms with E-state index in [4.69, 9.17) is 5.73 Å². The fourth-order valence-electron chi connectivity index (χ4n) is 2.17. The lowest BCUT2D eigenvalue weighted by atomic mass is 10.1. The Hall–Kier alpha value is -3.17. The number of nitrogens with zero attached hydrogens (tertiary/aromatic N) is 1. The molecule has 0 aliphatic rings. The Labute approximate surface area is 144 Å². The van der Waals surface area contributed by atoms with Gasteiger partial charge in [0.25, 0.3) is 5.56 Å². The normalized spacial score (nSPS) is 11.3. The van der Waals surface area contributed by atoms with E-state index in [2.05, 4.69) is 5.32 Å². The number of anilines is 1. The van der Waals surface area contributed by atoms with Crippen LogP contribution in [-0.2, 0) is 17.5 Å². The molecular weight excluding hydrogens is 358 g/mol. The van der Waals surface area contributed by atoms with Crippen molar-refractivity contribution in [3.05, 3.63) is 63.3 Å². The molecule has 0 unspecified atom stereocenters. The van der Waals surface area contributed by atoms with Crippen LogP contribution in [0.4, 0.5) is 23.2 Å². The quantitative estimate of drug-likeness (QED) is 0.806. The number of carbonyl (C=O) groups excluding carboxylic acids is 2. The lowest BCUT2D eigenvalue weighted by molar-refractivity contribution is -0.139. The average molecular weight is 371 g/mol. The summed E-state index contributed by atoms with van der Waals surface area (Å²) in [6, 6.07) is 3.61. The molecule has 2 rings (SSSR count). The highest BCUT2D eigenvalue weighted by atomic mass is 19.4. The van der Waals surface area contributed by atoms with Gasteiger partial charge in [-0.3, -0.25) is 14.4 Å². The molecular formula is C16H13F4N3O3. The van der Waals surface area contributed by atoms with Gasteiger partial charge in [0.05, 0.1) is 0 Å². The van der Waals surface area contributed by atoms with E-state index in [0.717, 1.165) is 24.4 Å². The number of carbonyl (C=O) groups is 2. The summed E-state index contributed by atoms with van der Waals surface area (Å²) in [7, 11) is 0. The van der Waals surface area contributed by atoms with Crippen molar-refractivity contribution in [2.45, 2.75) is 19.6 Å². The number of nitrogens with two attached hydrogens (primary N) is 1. The fraction of sp³-hybridized carbons (Fsp3) is 0.188. The molecule has 138 valence electrons. The molecule has 3 N–H and O–H groups in total. The Kier molecular flexibility index (Phi) is 5.15. The van der Waals surface area contributed by atoms with Crippen LogP contribution >= 0.6 is 0 Å². The van der Waals surface area contributed by atoms with Crippen molar-refractivity contribution in [1.82, 2.24) is 4.57 Å². The molecule has 0 fully saturated rings. The van der Waals surface area contributed by atoms with E-state index in [1.165, 1.54) is 6.92 Å². The molecule has 0 aliphatic carbocycles. The second-order valence-electron chi connectivity index (χ2n) is 5.40. The van der Waals surface area contributed by atoms with Gasteiger partial charge in [-0.2, -0.15) is 13.2 Å². The lowest BCUT2D eigenvalue weighted by Gasteiger charge is -2.13. The van der Waals surface area contributed by atoms with Crippen molar-refractivity contribution in [2.75, 3.05) is 5.32 Å². The van der Waals surface area contributed by atoms with Gasteiger partial charge in [0.1, 0.15) is 17.9 Å². The molecule has 10 heteroatoms. The van der Waals surface area contributed by atoms with E-state index in [9.17, 15) is 31.9 Å². The van der Waals surface area contributed by atoms with Crippen LogP contribution in [0.1, 0.15) is 21.5 Å². The molecule has 1 aromatic carbocycles. The summed E-state index contributed by atoms with van der Waals surface area (Å²) in [6.45, 7) is 0.594. The van der Waals surface area contributed by atoms with Gasteiger partial charge in [-0.25, -0.2) is 4.39 Å². The number of amides is 2. The topological polar surface area (TPSA) is 94.2 Å². The molecule has 0 bridgehead atoms. The first-order chi connectivity index (χ1) is 12.0. The Morgan fingerprint density at radius 2 is 1.92 bits per heavy atom. The van der Waals surface area contributed by atoms with Crippen molar-refractivity contribution in [1.29, 1.82) is 0 Å². The molecule has 0 saturated heterocycles. The van der Waals surface area contributed by atoms with Gasteiger partial charge in [-0.1, -0.05) is 0 Å². The van der Waals surface area contributed by atoms with Crippen LogP contribution in [0.3, 0.4) is 0 Å². The molecule has 0 atom stereocenters. The summed E-state index contributed by atoms with van der Waals surface area (Å²) in [6.07, 6.45) is -3.84. The average Bonchev–Trinajstić information content (AvgIpc) is 2.52. The fourth-order valence-corrected chi connectivity index (χ4v) is 2.17. The van der Waals surface area contributed by atoms with Crippen LogP contribution in [-0.4, -0.2) is 16.4 Å². The summed E-state index contributed by atoms with van der Waals surface area (Å²) in [5.41, 5.74) is 1.99. The summed E-state index contributed by atoms with van der Waals surface area (Å²) in [5, 5.41) is 2.25. The molecule has 0 saturated carbocycles. The molecule has 26 heavy (non-hydrogen) atoms. The van der Waals surface area contributed by atoms with Gasteiger partial charge in [-0.15, -0.1) is 0 Å². The minimum Gasteiger partial charge on any atom is -0.366 e. The number of primary amides is 1. The number of pyridine rings is 1. The number of hydrogen-bond donors (Lipinski definition) is 2. The van der Waals surface area contributed by atoms with Gasteiger partial charge in [0.15, 0.2) is 0 Å². The molecule has 6 nitrogen and oxygen atoms in total. The molecule has 1 heterocycles. The summed E-state index contributed by atoms with van der Waals surface area (Å²) < 4.78 is 52.6. The van der Waals surface area contributed by atoms with Crippen molar-refractivity contribution in [3.63, 3.8) is 0 Å². The molecule has 0 spiro atoms. The first-order valence-corrected chi connectivity index (χ1v) is 7.17. The van der Waals surface area contributed by atoms with Crippen molar-refractivity contribution >= 4 is 17.5 Å². The zero-order chi connectivity index (χ0) is 19.6. The maximum absolute atomic E-state index is 13.8. The number of nitrogens with one attached hydrogen (secondary N) is 1. The third-order valence-corrected chi connectivity index (χ3v) is 3.54. The second kappa shape index (κ2) is 6.98. The highest BCUT2D eigenvalue weighted by Gasteiger charge is 2.34. The number of alkyl halides is 3. The highest BCUT2D eigenvalue weighted by Crippen LogP contribution is 2.26. The van der Waals surface area contributed by atoms with Crippen LogP contribution < -0.4 is 16.6 Å². The second-order valence-corrected chi connectivity index (χ2v) is 5.40. The van der Waals surface area contributed by atoms with Crippen LogP contribution in [0, 0.1) is 12.7 Å². The number of rotatable bonds is 4. The number of halogens is 4. The van der Waals surface area contributed by atoms with E-state index in [1.54, 1.807) is 0 Å².